The average molecular weight is 436 g/mol. The molecule has 2 aromatic heterocycles. The standard InChI is InChI=1S/C23H15F3N4O2/c1-12-5-3-8-16(9-12)30-20-18(13(2)28-30)19-17(11-27-20)21(31)29(22(19)32)15-7-4-6-14(10-15)23(24,25)26/h3-11H,1-2H3. The van der Waals surface area contributed by atoms with Crippen LogP contribution >= 0.6 is 0 Å². The number of amides is 2. The molecule has 9 heteroatoms. The van der Waals surface area contributed by atoms with E-state index in [0.29, 0.717) is 16.7 Å². The van der Waals surface area contributed by atoms with E-state index in [-0.39, 0.29) is 16.8 Å². The van der Waals surface area contributed by atoms with Crippen LogP contribution in [0.1, 0.15) is 37.5 Å². The number of aromatic nitrogens is 3. The van der Waals surface area contributed by atoms with Gasteiger partial charge in [-0.2, -0.15) is 18.3 Å². The van der Waals surface area contributed by atoms with E-state index >= 15 is 0 Å². The summed E-state index contributed by atoms with van der Waals surface area (Å²) >= 11 is 0. The van der Waals surface area contributed by atoms with Gasteiger partial charge in [-0.3, -0.25) is 9.59 Å². The second-order valence-electron chi connectivity index (χ2n) is 7.58. The second kappa shape index (κ2) is 6.74. The number of rotatable bonds is 2. The molecule has 0 saturated carbocycles. The molecule has 0 atom stereocenters. The molecule has 0 bridgehead atoms. The van der Waals surface area contributed by atoms with Crippen molar-refractivity contribution in [1.29, 1.82) is 0 Å². The third kappa shape index (κ3) is 2.89. The highest BCUT2D eigenvalue weighted by molar-refractivity contribution is 6.37. The maximum Gasteiger partial charge on any atom is 0.416 e. The van der Waals surface area contributed by atoms with Crippen LogP contribution in [0.25, 0.3) is 16.7 Å². The molecule has 0 unspecified atom stereocenters. The van der Waals surface area contributed by atoms with Crippen molar-refractivity contribution in [3.63, 3.8) is 0 Å². The van der Waals surface area contributed by atoms with Crippen molar-refractivity contribution in [1.82, 2.24) is 14.8 Å². The summed E-state index contributed by atoms with van der Waals surface area (Å²) in [5.74, 6) is -1.43. The van der Waals surface area contributed by atoms with Gasteiger partial charge in [-0.05, 0) is 49.7 Å². The predicted molar refractivity (Wildman–Crippen MR) is 111 cm³/mol. The van der Waals surface area contributed by atoms with Gasteiger partial charge in [0.05, 0.1) is 39.1 Å². The number of hydrogen-bond acceptors (Lipinski definition) is 4. The number of nitrogens with zero attached hydrogens (tertiary/aromatic N) is 4. The summed E-state index contributed by atoms with van der Waals surface area (Å²) in [5.41, 5.74) is 1.65. The van der Waals surface area contributed by atoms with Gasteiger partial charge in [0.15, 0.2) is 5.65 Å². The molecule has 0 radical (unpaired) electrons. The summed E-state index contributed by atoms with van der Waals surface area (Å²) in [6, 6.07) is 11.7. The lowest BCUT2D eigenvalue weighted by Crippen LogP contribution is -2.29. The molecule has 2 amide bonds. The quantitative estimate of drug-likeness (QED) is 0.421. The van der Waals surface area contributed by atoms with Gasteiger partial charge in [0.1, 0.15) is 0 Å². The SMILES string of the molecule is Cc1cccc(-n2nc(C)c3c4c(cnc32)C(=O)N(c2cccc(C(F)(F)F)c2)C4=O)c1. The van der Waals surface area contributed by atoms with Crippen LogP contribution < -0.4 is 4.90 Å². The minimum atomic E-state index is -4.60. The van der Waals surface area contributed by atoms with Crippen LogP contribution in [0.2, 0.25) is 0 Å². The van der Waals surface area contributed by atoms with Gasteiger partial charge < -0.3 is 0 Å². The van der Waals surface area contributed by atoms with Crippen LogP contribution in [-0.4, -0.2) is 26.6 Å². The number of pyridine rings is 1. The van der Waals surface area contributed by atoms with Gasteiger partial charge in [-0.1, -0.05) is 18.2 Å². The molecule has 0 aliphatic carbocycles. The lowest BCUT2D eigenvalue weighted by atomic mass is 10.1. The Morgan fingerprint density at radius 3 is 2.34 bits per heavy atom. The lowest BCUT2D eigenvalue weighted by Gasteiger charge is -2.16. The summed E-state index contributed by atoms with van der Waals surface area (Å²) in [6.45, 7) is 3.63. The Kier molecular flexibility index (Phi) is 4.20. The number of anilines is 1. The molecule has 5 rings (SSSR count). The van der Waals surface area contributed by atoms with E-state index < -0.39 is 23.6 Å². The number of aryl methyl sites for hydroxylation is 2. The van der Waals surface area contributed by atoms with Gasteiger partial charge in [0, 0.05) is 6.20 Å². The number of carbonyl (C=O) groups is 2. The van der Waals surface area contributed by atoms with E-state index in [2.05, 4.69) is 10.1 Å². The summed E-state index contributed by atoms with van der Waals surface area (Å²) in [5, 5.41) is 4.91. The molecular weight excluding hydrogens is 421 g/mol. The minimum absolute atomic E-state index is 0.0341. The highest BCUT2D eigenvalue weighted by Crippen LogP contribution is 2.37. The second-order valence-corrected chi connectivity index (χ2v) is 7.58. The van der Waals surface area contributed by atoms with Crippen LogP contribution in [0.15, 0.2) is 54.7 Å². The minimum Gasteiger partial charge on any atom is -0.268 e. The Labute approximate surface area is 179 Å². The molecule has 0 N–H and O–H groups in total. The highest BCUT2D eigenvalue weighted by Gasteiger charge is 2.41. The first-order valence-corrected chi connectivity index (χ1v) is 9.68. The van der Waals surface area contributed by atoms with Crippen molar-refractivity contribution in [2.45, 2.75) is 20.0 Å². The normalized spacial score (nSPS) is 13.8. The number of imide groups is 1. The fourth-order valence-corrected chi connectivity index (χ4v) is 3.96. The monoisotopic (exact) mass is 436 g/mol. The van der Waals surface area contributed by atoms with Crippen molar-refractivity contribution in [2.75, 3.05) is 4.90 Å². The first-order valence-electron chi connectivity index (χ1n) is 9.68. The van der Waals surface area contributed by atoms with Crippen LogP contribution in [0.4, 0.5) is 18.9 Å². The predicted octanol–water partition coefficient (Wildman–Crippen LogP) is 4.86. The van der Waals surface area contributed by atoms with Gasteiger partial charge in [0.2, 0.25) is 0 Å². The van der Waals surface area contributed by atoms with Crippen LogP contribution in [0.5, 0.6) is 0 Å². The number of alkyl halides is 3. The van der Waals surface area contributed by atoms with Gasteiger partial charge in [0.25, 0.3) is 11.8 Å². The van der Waals surface area contributed by atoms with E-state index in [1.165, 1.54) is 12.3 Å². The van der Waals surface area contributed by atoms with Crippen LogP contribution in [-0.2, 0) is 6.18 Å². The largest absolute Gasteiger partial charge is 0.416 e. The van der Waals surface area contributed by atoms with Crippen molar-refractivity contribution in [3.8, 4) is 5.69 Å². The van der Waals surface area contributed by atoms with E-state index in [4.69, 9.17) is 0 Å². The Balaban J connectivity index is 1.68. The maximum absolute atomic E-state index is 13.3. The number of hydrogen-bond donors (Lipinski definition) is 0. The highest BCUT2D eigenvalue weighted by atomic mass is 19.4. The van der Waals surface area contributed by atoms with Crippen LogP contribution in [0, 0.1) is 13.8 Å². The van der Waals surface area contributed by atoms with Gasteiger partial charge in [-0.25, -0.2) is 14.6 Å². The smallest absolute Gasteiger partial charge is 0.268 e. The molecule has 0 saturated heterocycles. The van der Waals surface area contributed by atoms with E-state index in [9.17, 15) is 22.8 Å². The molecule has 1 aliphatic heterocycles. The average Bonchev–Trinajstić information content (AvgIpc) is 3.21. The molecular formula is C23H15F3N4O2. The first-order chi connectivity index (χ1) is 15.2. The topological polar surface area (TPSA) is 68.1 Å². The van der Waals surface area contributed by atoms with Crippen molar-refractivity contribution in [2.24, 2.45) is 0 Å². The molecule has 4 aromatic rings. The zero-order chi connectivity index (χ0) is 22.8. The Morgan fingerprint density at radius 1 is 0.906 bits per heavy atom. The summed E-state index contributed by atoms with van der Waals surface area (Å²) in [4.78, 5) is 31.4. The summed E-state index contributed by atoms with van der Waals surface area (Å²) < 4.78 is 41.1. The Bertz CT molecular complexity index is 1440. The Hall–Kier alpha value is -4.01. The fourth-order valence-electron chi connectivity index (χ4n) is 3.96. The number of fused-ring (bicyclic) bond motifs is 3. The lowest BCUT2D eigenvalue weighted by molar-refractivity contribution is -0.137. The molecule has 2 aromatic carbocycles. The zero-order valence-electron chi connectivity index (χ0n) is 16.9. The van der Waals surface area contributed by atoms with Gasteiger partial charge in [-0.15, -0.1) is 0 Å². The van der Waals surface area contributed by atoms with Crippen molar-refractivity contribution >= 4 is 28.5 Å². The van der Waals surface area contributed by atoms with Crippen molar-refractivity contribution in [3.05, 3.63) is 82.7 Å². The molecule has 3 heterocycles. The molecule has 160 valence electrons. The Morgan fingerprint density at radius 2 is 1.62 bits per heavy atom. The molecule has 1 aliphatic rings. The molecule has 0 spiro atoms. The van der Waals surface area contributed by atoms with Gasteiger partial charge >= 0.3 is 6.18 Å². The van der Waals surface area contributed by atoms with E-state index in [1.54, 1.807) is 11.6 Å². The first kappa shape index (κ1) is 19.9. The summed E-state index contributed by atoms with van der Waals surface area (Å²) in [6.07, 6.45) is -3.33. The number of benzene rings is 2. The third-order valence-electron chi connectivity index (χ3n) is 5.40. The maximum atomic E-state index is 13.3. The number of carbonyl (C=O) groups excluding carboxylic acids is 2. The van der Waals surface area contributed by atoms with E-state index in [0.717, 1.165) is 34.3 Å². The van der Waals surface area contributed by atoms with Crippen molar-refractivity contribution < 1.29 is 22.8 Å². The summed E-state index contributed by atoms with van der Waals surface area (Å²) in [7, 11) is 0. The zero-order valence-corrected chi connectivity index (χ0v) is 16.9. The van der Waals surface area contributed by atoms with Crippen LogP contribution in [0.3, 0.4) is 0 Å². The van der Waals surface area contributed by atoms with E-state index in [1.807, 2.05) is 31.2 Å². The fraction of sp³-hybridized carbons (Fsp3) is 0.130. The molecule has 0 fully saturated rings. The third-order valence-corrected chi connectivity index (χ3v) is 5.40. The molecule has 6 nitrogen and oxygen atoms in total. The molecule has 32 heavy (non-hydrogen) atoms. The number of halogens is 3.